The van der Waals surface area contributed by atoms with Crippen LogP contribution in [0.3, 0.4) is 0 Å². The molecule has 0 N–H and O–H groups in total. The van der Waals surface area contributed by atoms with Gasteiger partial charge in [0.1, 0.15) is 11.5 Å². The van der Waals surface area contributed by atoms with Gasteiger partial charge in [0.25, 0.3) is 0 Å². The third-order valence-electron chi connectivity index (χ3n) is 3.95. The molecule has 0 aliphatic heterocycles. The molecule has 3 heteroatoms. The van der Waals surface area contributed by atoms with Crippen molar-refractivity contribution in [1.29, 1.82) is 0 Å². The summed E-state index contributed by atoms with van der Waals surface area (Å²) in [6.45, 7) is 8.80. The highest BCUT2D eigenvalue weighted by molar-refractivity contribution is 5.27. The van der Waals surface area contributed by atoms with Crippen LogP contribution in [-0.4, -0.2) is 6.61 Å². The molecule has 0 bridgehead atoms. The molecule has 1 atom stereocenters. The second-order valence-electron chi connectivity index (χ2n) is 5.72. The molecule has 1 aromatic carbocycles. The molecule has 0 saturated heterocycles. The summed E-state index contributed by atoms with van der Waals surface area (Å²) in [5.74, 6) is 1.59. The predicted octanol–water partition coefficient (Wildman–Crippen LogP) is 4.14. The van der Waals surface area contributed by atoms with Crippen molar-refractivity contribution in [3.63, 3.8) is 0 Å². The molecular weight excluding hydrogens is 276 g/mol. The molecule has 0 spiro atoms. The second-order valence-corrected chi connectivity index (χ2v) is 5.72. The Kier molecular flexibility index (Phi) is 5.56. The Hall–Kier alpha value is -1.87. The molecule has 0 saturated carbocycles. The Labute approximate surface area is 131 Å². The van der Waals surface area contributed by atoms with E-state index in [0.29, 0.717) is 18.8 Å². The lowest BCUT2D eigenvalue weighted by atomic mass is 10.0. The first-order valence-electron chi connectivity index (χ1n) is 7.79. The van der Waals surface area contributed by atoms with Crippen molar-refractivity contribution in [3.05, 3.63) is 68.8 Å². The number of benzene rings is 1. The first kappa shape index (κ1) is 16.5. The molecule has 0 aliphatic carbocycles. The van der Waals surface area contributed by atoms with E-state index in [1.54, 1.807) is 0 Å². The van der Waals surface area contributed by atoms with Gasteiger partial charge in [-0.05, 0) is 19.4 Å². The average Bonchev–Trinajstić information content (AvgIpc) is 2.54. The quantitative estimate of drug-likeness (QED) is 0.805. The molecule has 0 amide bonds. The number of ether oxygens (including phenoxy) is 1. The maximum absolute atomic E-state index is 12.3. The van der Waals surface area contributed by atoms with E-state index in [4.69, 9.17) is 9.15 Å². The van der Waals surface area contributed by atoms with Crippen LogP contribution in [0.15, 0.2) is 39.5 Å². The van der Waals surface area contributed by atoms with Crippen molar-refractivity contribution in [2.45, 2.75) is 46.6 Å². The zero-order chi connectivity index (χ0) is 16.1. The minimum absolute atomic E-state index is 0.0577. The monoisotopic (exact) mass is 300 g/mol. The molecule has 2 rings (SSSR count). The molecule has 1 heterocycles. The predicted molar refractivity (Wildman–Crippen MR) is 88.3 cm³/mol. The Morgan fingerprint density at radius 2 is 1.82 bits per heavy atom. The molecular formula is C19H24O3. The maximum Gasteiger partial charge on any atom is 0.191 e. The summed E-state index contributed by atoms with van der Waals surface area (Å²) in [5.41, 5.74) is 2.66. The van der Waals surface area contributed by atoms with Gasteiger partial charge in [0.2, 0.25) is 0 Å². The third-order valence-corrected chi connectivity index (χ3v) is 3.95. The Balaban J connectivity index is 2.08. The van der Waals surface area contributed by atoms with Crippen molar-refractivity contribution < 1.29 is 9.15 Å². The number of hydrogen-bond acceptors (Lipinski definition) is 3. The smallest absolute Gasteiger partial charge is 0.191 e. The first-order chi connectivity index (χ1) is 10.5. The third kappa shape index (κ3) is 3.66. The van der Waals surface area contributed by atoms with Crippen LogP contribution in [0.4, 0.5) is 0 Å². The topological polar surface area (TPSA) is 39.4 Å². The highest BCUT2D eigenvalue weighted by Gasteiger charge is 2.17. The summed E-state index contributed by atoms with van der Waals surface area (Å²) < 4.78 is 11.7. The average molecular weight is 300 g/mol. The normalized spacial score (nSPS) is 12.4. The largest absolute Gasteiger partial charge is 0.465 e. The van der Waals surface area contributed by atoms with Crippen LogP contribution >= 0.6 is 0 Å². The van der Waals surface area contributed by atoms with Gasteiger partial charge in [0, 0.05) is 23.5 Å². The molecule has 0 unspecified atom stereocenters. The first-order valence-corrected chi connectivity index (χ1v) is 7.79. The van der Waals surface area contributed by atoms with Gasteiger partial charge in [-0.2, -0.15) is 0 Å². The fraction of sp³-hybridized carbons (Fsp3) is 0.421. The summed E-state index contributed by atoms with van der Waals surface area (Å²) in [7, 11) is 0. The van der Waals surface area contributed by atoms with Crippen LogP contribution in [0.5, 0.6) is 0 Å². The standard InChI is InChI=1S/C19H24O3/c1-5-17-14(3)18(20)15(4)19(22-17)13(2)11-21-12-16-9-7-6-8-10-16/h6-10,13H,5,11-12H2,1-4H3/t13-/m0/s1. The van der Waals surface area contributed by atoms with Crippen molar-refractivity contribution >= 4 is 0 Å². The molecule has 118 valence electrons. The number of rotatable bonds is 6. The van der Waals surface area contributed by atoms with Crippen molar-refractivity contribution in [3.8, 4) is 0 Å². The molecule has 2 aromatic rings. The van der Waals surface area contributed by atoms with E-state index in [1.165, 1.54) is 0 Å². The summed E-state index contributed by atoms with van der Waals surface area (Å²) in [6, 6.07) is 10.1. The van der Waals surface area contributed by atoms with Crippen LogP contribution in [-0.2, 0) is 17.8 Å². The molecule has 1 aromatic heterocycles. The summed E-state index contributed by atoms with van der Waals surface area (Å²) >= 11 is 0. The van der Waals surface area contributed by atoms with Crippen molar-refractivity contribution in [2.24, 2.45) is 0 Å². The Morgan fingerprint density at radius 3 is 2.45 bits per heavy atom. The van der Waals surface area contributed by atoms with E-state index in [0.717, 1.165) is 29.1 Å². The minimum atomic E-state index is 0.0577. The zero-order valence-electron chi connectivity index (χ0n) is 13.8. The van der Waals surface area contributed by atoms with E-state index in [-0.39, 0.29) is 11.3 Å². The summed E-state index contributed by atoms with van der Waals surface area (Å²) in [6.07, 6.45) is 0.728. The number of aryl methyl sites for hydroxylation is 1. The van der Waals surface area contributed by atoms with Crippen LogP contribution in [0, 0.1) is 13.8 Å². The van der Waals surface area contributed by atoms with E-state index in [9.17, 15) is 4.79 Å². The van der Waals surface area contributed by atoms with Gasteiger partial charge in [-0.25, -0.2) is 0 Å². The lowest BCUT2D eigenvalue weighted by molar-refractivity contribution is 0.104. The van der Waals surface area contributed by atoms with Gasteiger partial charge in [0.05, 0.1) is 13.2 Å². The molecule has 0 fully saturated rings. The fourth-order valence-electron chi connectivity index (χ4n) is 2.62. The fourth-order valence-corrected chi connectivity index (χ4v) is 2.62. The molecule has 0 aliphatic rings. The van der Waals surface area contributed by atoms with Gasteiger partial charge >= 0.3 is 0 Å². The lowest BCUT2D eigenvalue weighted by Gasteiger charge is -2.16. The highest BCUT2D eigenvalue weighted by Crippen LogP contribution is 2.21. The minimum Gasteiger partial charge on any atom is -0.465 e. The SMILES string of the molecule is CCc1oc([C@@H](C)COCc2ccccc2)c(C)c(=O)c1C. The van der Waals surface area contributed by atoms with Gasteiger partial charge < -0.3 is 9.15 Å². The maximum atomic E-state index is 12.3. The summed E-state index contributed by atoms with van der Waals surface area (Å²) in [5, 5.41) is 0. The van der Waals surface area contributed by atoms with Gasteiger partial charge in [-0.1, -0.05) is 44.2 Å². The Bertz CT molecular complexity index is 671. The van der Waals surface area contributed by atoms with Gasteiger partial charge in [-0.3, -0.25) is 4.79 Å². The van der Waals surface area contributed by atoms with Gasteiger partial charge in [-0.15, -0.1) is 0 Å². The highest BCUT2D eigenvalue weighted by atomic mass is 16.5. The van der Waals surface area contributed by atoms with E-state index in [1.807, 2.05) is 58.0 Å². The second kappa shape index (κ2) is 7.41. The van der Waals surface area contributed by atoms with E-state index < -0.39 is 0 Å². The van der Waals surface area contributed by atoms with Crippen molar-refractivity contribution in [2.75, 3.05) is 6.61 Å². The van der Waals surface area contributed by atoms with Gasteiger partial charge in [0.15, 0.2) is 5.43 Å². The van der Waals surface area contributed by atoms with Crippen LogP contribution in [0.25, 0.3) is 0 Å². The Morgan fingerprint density at radius 1 is 1.14 bits per heavy atom. The molecule has 0 radical (unpaired) electrons. The lowest BCUT2D eigenvalue weighted by Crippen LogP contribution is -2.17. The van der Waals surface area contributed by atoms with E-state index >= 15 is 0 Å². The number of hydrogen-bond donors (Lipinski definition) is 0. The molecule has 22 heavy (non-hydrogen) atoms. The molecule has 3 nitrogen and oxygen atoms in total. The summed E-state index contributed by atoms with van der Waals surface area (Å²) in [4.78, 5) is 12.3. The van der Waals surface area contributed by atoms with Crippen LogP contribution in [0.2, 0.25) is 0 Å². The zero-order valence-corrected chi connectivity index (χ0v) is 13.8. The van der Waals surface area contributed by atoms with Crippen LogP contribution in [0.1, 0.15) is 48.0 Å². The van der Waals surface area contributed by atoms with E-state index in [2.05, 4.69) is 0 Å². The van der Waals surface area contributed by atoms with Crippen molar-refractivity contribution in [1.82, 2.24) is 0 Å². The van der Waals surface area contributed by atoms with Crippen LogP contribution < -0.4 is 5.43 Å².